The van der Waals surface area contributed by atoms with Crippen LogP contribution >= 0.6 is 11.6 Å². The molecule has 2 aromatic carbocycles. The molecule has 0 spiro atoms. The number of benzene rings is 2. The van der Waals surface area contributed by atoms with E-state index in [0.717, 1.165) is 5.56 Å². The van der Waals surface area contributed by atoms with Crippen LogP contribution in [0.5, 0.6) is 0 Å². The molecule has 0 radical (unpaired) electrons. The molecule has 1 aromatic heterocycles. The molecule has 0 fully saturated rings. The van der Waals surface area contributed by atoms with Crippen molar-refractivity contribution in [3.05, 3.63) is 82.5 Å². The Hall–Kier alpha value is -3.12. The quantitative estimate of drug-likeness (QED) is 0.733. The van der Waals surface area contributed by atoms with E-state index in [9.17, 15) is 9.59 Å². The molecular formula is C20H19ClN4O2. The number of hydrogen-bond acceptors (Lipinski definition) is 3. The highest BCUT2D eigenvalue weighted by molar-refractivity contribution is 6.30. The number of hydrogen-bond donors (Lipinski definition) is 1. The van der Waals surface area contributed by atoms with Gasteiger partial charge in [-0.15, -0.1) is 0 Å². The molecular weight excluding hydrogens is 364 g/mol. The Balaban J connectivity index is 1.70. The summed E-state index contributed by atoms with van der Waals surface area (Å²) >= 11 is 5.88. The van der Waals surface area contributed by atoms with E-state index in [4.69, 9.17) is 11.6 Å². The van der Waals surface area contributed by atoms with Gasteiger partial charge in [0.2, 0.25) is 0 Å². The van der Waals surface area contributed by atoms with E-state index < -0.39 is 0 Å². The number of carbonyl (C=O) groups is 2. The second kappa shape index (κ2) is 8.05. The molecule has 7 heteroatoms. The molecule has 0 unspecified atom stereocenters. The van der Waals surface area contributed by atoms with Gasteiger partial charge in [0.1, 0.15) is 5.82 Å². The number of anilines is 1. The molecule has 3 rings (SSSR count). The molecule has 0 bridgehead atoms. The minimum Gasteiger partial charge on any atom is -0.336 e. The van der Waals surface area contributed by atoms with Gasteiger partial charge in [-0.2, -0.15) is 5.10 Å². The van der Waals surface area contributed by atoms with Crippen molar-refractivity contribution in [3.63, 3.8) is 0 Å². The third kappa shape index (κ3) is 4.54. The topological polar surface area (TPSA) is 67.2 Å². The Bertz CT molecular complexity index is 952. The maximum Gasteiger partial charge on any atom is 0.274 e. The standard InChI is InChI=1S/C20H19ClN4O2/c1-24(13-14-8-10-16(21)11-9-14)20(27)17-12-18(25(2)23-17)22-19(26)15-6-4-3-5-7-15/h3-12H,13H2,1-2H3,(H,22,26). The first-order valence-corrected chi connectivity index (χ1v) is 8.72. The van der Waals surface area contributed by atoms with Gasteiger partial charge in [-0.05, 0) is 29.8 Å². The predicted octanol–water partition coefficient (Wildman–Crippen LogP) is 3.60. The van der Waals surface area contributed by atoms with Crippen LogP contribution in [-0.4, -0.2) is 33.5 Å². The highest BCUT2D eigenvalue weighted by Crippen LogP contribution is 2.15. The average molecular weight is 383 g/mol. The molecule has 27 heavy (non-hydrogen) atoms. The zero-order valence-corrected chi connectivity index (χ0v) is 15.8. The largest absolute Gasteiger partial charge is 0.336 e. The Kier molecular flexibility index (Phi) is 5.57. The molecule has 138 valence electrons. The first kappa shape index (κ1) is 18.7. The summed E-state index contributed by atoms with van der Waals surface area (Å²) in [5.41, 5.74) is 1.76. The van der Waals surface area contributed by atoms with Crippen LogP contribution in [0.15, 0.2) is 60.7 Å². The predicted molar refractivity (Wildman–Crippen MR) is 105 cm³/mol. The average Bonchev–Trinajstić information content (AvgIpc) is 3.04. The minimum atomic E-state index is -0.257. The molecule has 2 amide bonds. The van der Waals surface area contributed by atoms with Crippen LogP contribution in [0.25, 0.3) is 0 Å². The minimum absolute atomic E-state index is 0.235. The van der Waals surface area contributed by atoms with Crippen LogP contribution in [0.3, 0.4) is 0 Å². The van der Waals surface area contributed by atoms with Gasteiger partial charge >= 0.3 is 0 Å². The molecule has 6 nitrogen and oxygen atoms in total. The molecule has 0 aliphatic rings. The van der Waals surface area contributed by atoms with Crippen molar-refractivity contribution in [2.24, 2.45) is 7.05 Å². The summed E-state index contributed by atoms with van der Waals surface area (Å²) < 4.78 is 1.48. The van der Waals surface area contributed by atoms with Crippen molar-refractivity contribution >= 4 is 29.2 Å². The first-order valence-electron chi connectivity index (χ1n) is 8.34. The van der Waals surface area contributed by atoms with Gasteiger partial charge < -0.3 is 10.2 Å². The number of carbonyl (C=O) groups excluding carboxylic acids is 2. The summed E-state index contributed by atoms with van der Waals surface area (Å²) in [6, 6.07) is 17.7. The number of halogens is 1. The molecule has 0 saturated carbocycles. The van der Waals surface area contributed by atoms with Gasteiger partial charge in [-0.3, -0.25) is 14.3 Å². The highest BCUT2D eigenvalue weighted by Gasteiger charge is 2.18. The summed E-state index contributed by atoms with van der Waals surface area (Å²) in [6.07, 6.45) is 0. The molecule has 1 heterocycles. The SMILES string of the molecule is CN(Cc1ccc(Cl)cc1)C(=O)c1cc(NC(=O)c2ccccc2)n(C)n1. The van der Waals surface area contributed by atoms with Crippen molar-refractivity contribution in [3.8, 4) is 0 Å². The zero-order chi connectivity index (χ0) is 19.4. The van der Waals surface area contributed by atoms with E-state index in [-0.39, 0.29) is 17.5 Å². The molecule has 0 aliphatic heterocycles. The summed E-state index contributed by atoms with van der Waals surface area (Å²) in [6.45, 7) is 0.429. The lowest BCUT2D eigenvalue weighted by Crippen LogP contribution is -2.26. The van der Waals surface area contributed by atoms with Gasteiger partial charge in [0, 0.05) is 37.3 Å². The van der Waals surface area contributed by atoms with Gasteiger partial charge in [-0.25, -0.2) is 0 Å². The smallest absolute Gasteiger partial charge is 0.274 e. The van der Waals surface area contributed by atoms with Crippen molar-refractivity contribution in [2.45, 2.75) is 6.54 Å². The van der Waals surface area contributed by atoms with E-state index in [1.807, 2.05) is 18.2 Å². The number of rotatable bonds is 5. The fourth-order valence-corrected chi connectivity index (χ4v) is 2.72. The first-order chi connectivity index (χ1) is 12.9. The summed E-state index contributed by atoms with van der Waals surface area (Å²) in [5.74, 6) is -0.0417. The number of aryl methyl sites for hydroxylation is 1. The lowest BCUT2D eigenvalue weighted by molar-refractivity contribution is 0.0778. The zero-order valence-electron chi connectivity index (χ0n) is 15.0. The normalized spacial score (nSPS) is 10.5. The Labute approximate surface area is 162 Å². The van der Waals surface area contributed by atoms with Gasteiger partial charge in [0.05, 0.1) is 0 Å². The van der Waals surface area contributed by atoms with Crippen LogP contribution in [-0.2, 0) is 13.6 Å². The van der Waals surface area contributed by atoms with E-state index in [1.165, 1.54) is 4.68 Å². The maximum atomic E-state index is 12.6. The number of nitrogens with zero attached hydrogens (tertiary/aromatic N) is 3. The van der Waals surface area contributed by atoms with Crippen LogP contribution < -0.4 is 5.32 Å². The third-order valence-corrected chi connectivity index (χ3v) is 4.31. The maximum absolute atomic E-state index is 12.6. The Morgan fingerprint density at radius 1 is 1.11 bits per heavy atom. The van der Waals surface area contributed by atoms with E-state index in [0.29, 0.717) is 22.9 Å². The van der Waals surface area contributed by atoms with Gasteiger partial charge in [0.15, 0.2) is 5.69 Å². The lowest BCUT2D eigenvalue weighted by atomic mass is 10.2. The number of aromatic nitrogens is 2. The fourth-order valence-electron chi connectivity index (χ4n) is 2.60. The van der Waals surface area contributed by atoms with Crippen LogP contribution in [0.4, 0.5) is 5.82 Å². The second-order valence-corrected chi connectivity index (χ2v) is 6.58. The van der Waals surface area contributed by atoms with Crippen molar-refractivity contribution in [1.82, 2.24) is 14.7 Å². The van der Waals surface area contributed by atoms with Gasteiger partial charge in [-0.1, -0.05) is 41.9 Å². The highest BCUT2D eigenvalue weighted by atomic mass is 35.5. The Morgan fingerprint density at radius 3 is 2.44 bits per heavy atom. The van der Waals surface area contributed by atoms with E-state index >= 15 is 0 Å². The third-order valence-electron chi connectivity index (χ3n) is 4.06. The number of nitrogens with one attached hydrogen (secondary N) is 1. The lowest BCUT2D eigenvalue weighted by Gasteiger charge is -2.15. The second-order valence-electron chi connectivity index (χ2n) is 6.15. The Morgan fingerprint density at radius 2 is 1.78 bits per heavy atom. The van der Waals surface area contributed by atoms with Crippen molar-refractivity contribution in [1.29, 1.82) is 0 Å². The molecule has 0 saturated heterocycles. The van der Waals surface area contributed by atoms with Crippen LogP contribution in [0.2, 0.25) is 5.02 Å². The van der Waals surface area contributed by atoms with Crippen molar-refractivity contribution < 1.29 is 9.59 Å². The summed E-state index contributed by atoms with van der Waals surface area (Å²) in [4.78, 5) is 26.5. The van der Waals surface area contributed by atoms with Crippen LogP contribution in [0, 0.1) is 0 Å². The molecule has 0 atom stereocenters. The van der Waals surface area contributed by atoms with Crippen LogP contribution in [0.1, 0.15) is 26.4 Å². The van der Waals surface area contributed by atoms with Gasteiger partial charge in [0.25, 0.3) is 11.8 Å². The molecule has 1 N–H and O–H groups in total. The van der Waals surface area contributed by atoms with Crippen molar-refractivity contribution in [2.75, 3.05) is 12.4 Å². The molecule has 0 aliphatic carbocycles. The summed E-state index contributed by atoms with van der Waals surface area (Å²) in [7, 11) is 3.38. The summed E-state index contributed by atoms with van der Waals surface area (Å²) in [5, 5.41) is 7.65. The monoisotopic (exact) mass is 382 g/mol. The molecule has 3 aromatic rings. The number of amides is 2. The fraction of sp³-hybridized carbons (Fsp3) is 0.150. The van der Waals surface area contributed by atoms with E-state index in [1.54, 1.807) is 61.5 Å². The van der Waals surface area contributed by atoms with E-state index in [2.05, 4.69) is 10.4 Å².